The second-order valence-corrected chi connectivity index (χ2v) is 14.3. The zero-order valence-corrected chi connectivity index (χ0v) is 31.0. The lowest BCUT2D eigenvalue weighted by Gasteiger charge is -2.10. The number of aromatic amines is 2. The van der Waals surface area contributed by atoms with Gasteiger partial charge in [0, 0.05) is 46.6 Å². The Morgan fingerprint density at radius 2 is 1.49 bits per heavy atom. The molecule has 18 heteroatoms. The lowest BCUT2D eigenvalue weighted by molar-refractivity contribution is -0.716. The quantitative estimate of drug-likeness (QED) is 0.118. The van der Waals surface area contributed by atoms with Crippen LogP contribution in [-0.2, 0) is 4.79 Å². The Morgan fingerprint density at radius 3 is 2.19 bits per heavy atom. The van der Waals surface area contributed by atoms with Crippen LogP contribution in [0.1, 0.15) is 25.7 Å². The maximum absolute atomic E-state index is 12.7. The normalized spacial score (nSPS) is 13.2. The predicted octanol–water partition coefficient (Wildman–Crippen LogP) is 8.17. The van der Waals surface area contributed by atoms with Crippen LogP contribution in [-0.4, -0.2) is 57.2 Å². The Kier molecular flexibility index (Phi) is 8.60. The van der Waals surface area contributed by atoms with Crippen LogP contribution in [0.4, 0.5) is 5.69 Å². The molecule has 57 heavy (non-hydrogen) atoms. The number of nitrogens with zero attached hydrogens (tertiary/aromatic N) is 9. The van der Waals surface area contributed by atoms with Crippen molar-refractivity contribution in [3.05, 3.63) is 101 Å². The van der Waals surface area contributed by atoms with Crippen molar-refractivity contribution in [2.45, 2.75) is 25.7 Å². The number of benzene rings is 4. The van der Waals surface area contributed by atoms with Gasteiger partial charge in [0.2, 0.25) is 11.8 Å². The number of ether oxygens (including phenoxy) is 1. The molecule has 1 fully saturated rings. The molecule has 1 aliphatic rings. The number of pyridine rings is 1. The molecule has 16 nitrogen and oxygen atoms in total. The fraction of sp³-hybridized carbons (Fsp3) is 0.128. The van der Waals surface area contributed by atoms with Gasteiger partial charge in [-0.2, -0.15) is 5.10 Å². The van der Waals surface area contributed by atoms with Crippen LogP contribution in [0.2, 0.25) is 10.0 Å². The molecule has 10 rings (SSSR count). The van der Waals surface area contributed by atoms with Crippen molar-refractivity contribution < 1.29 is 23.4 Å². The summed E-state index contributed by atoms with van der Waals surface area (Å²) in [6, 6.07) is 25.7. The summed E-state index contributed by atoms with van der Waals surface area (Å²) in [7, 11) is 0. The maximum atomic E-state index is 12.7. The van der Waals surface area contributed by atoms with Gasteiger partial charge in [0.1, 0.15) is 21.8 Å². The Morgan fingerprint density at radius 1 is 0.789 bits per heavy atom. The number of amides is 1. The summed E-state index contributed by atoms with van der Waals surface area (Å²) in [5.74, 6) is 2.66. The number of nitrogens with one attached hydrogen (secondary N) is 3. The number of hydrogen-bond donors (Lipinski definition) is 3. The molecule has 0 atom stereocenters. The van der Waals surface area contributed by atoms with Gasteiger partial charge in [-0.15, -0.1) is 5.10 Å². The molecule has 9 aromatic rings. The fourth-order valence-electron chi connectivity index (χ4n) is 6.97. The van der Waals surface area contributed by atoms with E-state index in [9.17, 15) is 4.79 Å². The summed E-state index contributed by atoms with van der Waals surface area (Å²) >= 11 is 12.5. The fourth-order valence-corrected chi connectivity index (χ4v) is 7.39. The molecule has 0 unspecified atom stereocenters. The molecule has 5 aromatic heterocycles. The Bertz CT molecular complexity index is 2940. The van der Waals surface area contributed by atoms with Gasteiger partial charge >= 0.3 is 5.82 Å². The summed E-state index contributed by atoms with van der Waals surface area (Å²) in [4.78, 5) is 18.4. The van der Waals surface area contributed by atoms with Crippen molar-refractivity contribution in [3.8, 4) is 62.7 Å². The van der Waals surface area contributed by atoms with Crippen LogP contribution in [0, 0.1) is 5.92 Å². The molecule has 280 valence electrons. The van der Waals surface area contributed by atoms with Crippen LogP contribution >= 0.6 is 23.2 Å². The van der Waals surface area contributed by atoms with Gasteiger partial charge in [-0.05, 0) is 101 Å². The van der Waals surface area contributed by atoms with Crippen LogP contribution in [0.5, 0.6) is 11.6 Å². The van der Waals surface area contributed by atoms with Crippen LogP contribution < -0.4 is 14.9 Å². The minimum absolute atomic E-state index is 0.0693. The highest BCUT2D eigenvalue weighted by atomic mass is 35.5. The van der Waals surface area contributed by atoms with Gasteiger partial charge in [0.15, 0.2) is 28.2 Å². The zero-order chi connectivity index (χ0) is 38.5. The highest BCUT2D eigenvalue weighted by Gasteiger charge is 2.24. The van der Waals surface area contributed by atoms with Gasteiger partial charge in [-0.25, -0.2) is 10.1 Å². The van der Waals surface area contributed by atoms with E-state index in [0.29, 0.717) is 61.6 Å². The van der Waals surface area contributed by atoms with E-state index in [1.165, 1.54) is 11.0 Å². The molecular formula is C39H27Cl2N12O4+. The van der Waals surface area contributed by atoms with Gasteiger partial charge in [-0.1, -0.05) is 46.4 Å². The molecular weight excluding hydrogens is 771 g/mol. The van der Waals surface area contributed by atoms with Crippen molar-refractivity contribution in [2.24, 2.45) is 5.92 Å². The second-order valence-electron chi connectivity index (χ2n) is 13.5. The number of fused-ring (bicyclic) bond motifs is 2. The summed E-state index contributed by atoms with van der Waals surface area (Å²) in [5.41, 5.74) is 5.46. The number of carbonyl (C=O) groups is 1. The molecule has 1 amide bonds. The molecule has 1 saturated carbocycles. The zero-order valence-electron chi connectivity index (χ0n) is 29.5. The first-order valence-electron chi connectivity index (χ1n) is 17.9. The number of carbonyl (C=O) groups excluding carboxylic acids is 1. The SMILES string of the molecule is O=C(Nc1ccc(-c2onc3ccc(-c4nn[n+](-c5cc(Oc6ncc(Cl)cc6Cl)cc(-c6onc7ccc(-c8nnn[nH]8)cc67)c5)[nH]4)cc23)cc1)C1CCCC1. The van der Waals surface area contributed by atoms with E-state index in [-0.39, 0.29) is 22.7 Å². The van der Waals surface area contributed by atoms with Crippen molar-refractivity contribution in [1.29, 1.82) is 0 Å². The number of rotatable bonds is 9. The second kappa shape index (κ2) is 14.2. The highest BCUT2D eigenvalue weighted by molar-refractivity contribution is 6.35. The number of anilines is 1. The van der Waals surface area contributed by atoms with Gasteiger partial charge in [0.05, 0.1) is 26.5 Å². The topological polar surface area (TPSA) is 203 Å². The summed E-state index contributed by atoms with van der Waals surface area (Å²) in [5, 5.41) is 40.1. The lowest BCUT2D eigenvalue weighted by Crippen LogP contribution is -2.36. The van der Waals surface area contributed by atoms with Crippen LogP contribution in [0.15, 0.2) is 100 Å². The molecule has 0 radical (unpaired) electrons. The lowest BCUT2D eigenvalue weighted by atomic mass is 10.0. The third-order valence-electron chi connectivity index (χ3n) is 9.82. The first kappa shape index (κ1) is 34.5. The summed E-state index contributed by atoms with van der Waals surface area (Å²) in [6.07, 6.45) is 5.51. The standard InChI is InChI=1S/C39H26Cl2N12O4/c40-25-17-31(41)39(42-19-25)55-28-14-24(35-30-15-22(36-44-50-51-45-36)7-11-33(30)49-57-35)13-27(18-28)53-47-37(46-52-53)23-8-12-32-29(16-23)34(56-48-32)20-5-9-26(10-6-20)43-38(54)21-3-1-2-4-21/h5-19,21H,1-4H2,(H2,43,44,45,47,48,50,51,54)/p+1. The average molecular weight is 799 g/mol. The monoisotopic (exact) mass is 797 g/mol. The van der Waals surface area contributed by atoms with E-state index in [2.05, 4.69) is 56.6 Å². The molecule has 0 aliphatic heterocycles. The minimum Gasteiger partial charge on any atom is -0.437 e. The number of tetrazole rings is 2. The molecule has 1 aliphatic carbocycles. The molecule has 4 aromatic carbocycles. The van der Waals surface area contributed by atoms with E-state index in [1.54, 1.807) is 18.2 Å². The molecule has 3 N–H and O–H groups in total. The Balaban J connectivity index is 0.989. The third kappa shape index (κ3) is 6.70. The number of hydrogen-bond acceptors (Lipinski definition) is 12. The highest BCUT2D eigenvalue weighted by Crippen LogP contribution is 2.37. The average Bonchev–Trinajstić information content (AvgIpc) is 4.08. The van der Waals surface area contributed by atoms with E-state index in [0.717, 1.165) is 53.4 Å². The van der Waals surface area contributed by atoms with Crippen molar-refractivity contribution >= 4 is 56.6 Å². The summed E-state index contributed by atoms with van der Waals surface area (Å²) in [6.45, 7) is 0. The van der Waals surface area contributed by atoms with Crippen molar-refractivity contribution in [2.75, 3.05) is 5.32 Å². The van der Waals surface area contributed by atoms with E-state index in [4.69, 9.17) is 37.0 Å². The molecule has 0 spiro atoms. The van der Waals surface area contributed by atoms with Gasteiger partial charge in [0.25, 0.3) is 0 Å². The number of aromatic nitrogens is 11. The van der Waals surface area contributed by atoms with E-state index >= 15 is 0 Å². The third-order valence-corrected chi connectivity index (χ3v) is 10.3. The molecule has 0 bridgehead atoms. The maximum Gasteiger partial charge on any atom is 0.313 e. The predicted molar refractivity (Wildman–Crippen MR) is 207 cm³/mol. The largest absolute Gasteiger partial charge is 0.437 e. The minimum atomic E-state index is 0.0693. The Hall–Kier alpha value is -7.04. The van der Waals surface area contributed by atoms with Crippen molar-refractivity contribution in [3.63, 3.8) is 0 Å². The van der Waals surface area contributed by atoms with E-state index in [1.807, 2.05) is 66.7 Å². The molecule has 0 saturated heterocycles. The Labute approximate surface area is 331 Å². The number of H-pyrrole nitrogens is 2. The van der Waals surface area contributed by atoms with Gasteiger partial charge in [-0.3, -0.25) is 4.79 Å². The smallest absolute Gasteiger partial charge is 0.313 e. The van der Waals surface area contributed by atoms with Gasteiger partial charge < -0.3 is 19.1 Å². The van der Waals surface area contributed by atoms with E-state index < -0.39 is 0 Å². The van der Waals surface area contributed by atoms with Crippen LogP contribution in [0.3, 0.4) is 0 Å². The van der Waals surface area contributed by atoms with Crippen molar-refractivity contribution in [1.82, 2.24) is 51.3 Å². The van der Waals surface area contributed by atoms with Crippen LogP contribution in [0.25, 0.3) is 72.9 Å². The summed E-state index contributed by atoms with van der Waals surface area (Å²) < 4.78 is 17.9. The first-order valence-corrected chi connectivity index (χ1v) is 18.6. The number of halogens is 2. The first-order chi connectivity index (χ1) is 27.9. The molecule has 5 heterocycles.